The summed E-state index contributed by atoms with van der Waals surface area (Å²) in [5.41, 5.74) is 2.75. The molecule has 118 valence electrons. The van der Waals surface area contributed by atoms with Crippen LogP contribution in [0.25, 0.3) is 10.9 Å². The lowest BCUT2D eigenvalue weighted by atomic mass is 9.95. The van der Waals surface area contributed by atoms with Crippen molar-refractivity contribution >= 4 is 16.8 Å². The number of nitrogens with zero attached hydrogens (tertiary/aromatic N) is 1. The Bertz CT molecular complexity index is 784. The maximum absolute atomic E-state index is 12.9. The molecule has 3 heterocycles. The largest absolute Gasteiger partial charge is 0.373 e. The number of fused-ring (bicyclic) bond motifs is 3. The van der Waals surface area contributed by atoms with Gasteiger partial charge in [0.15, 0.2) is 0 Å². The van der Waals surface area contributed by atoms with E-state index < -0.39 is 0 Å². The molecule has 0 radical (unpaired) electrons. The molecule has 3 aliphatic rings. The molecule has 23 heavy (non-hydrogen) atoms. The Kier molecular flexibility index (Phi) is 2.95. The zero-order chi connectivity index (χ0) is 15.4. The minimum Gasteiger partial charge on any atom is -0.373 e. The number of nitrogens with one attached hydrogen (secondary N) is 1. The van der Waals surface area contributed by atoms with Crippen molar-refractivity contribution in [2.75, 3.05) is 0 Å². The molecule has 1 aromatic heterocycles. The molecule has 1 aromatic carbocycles. The summed E-state index contributed by atoms with van der Waals surface area (Å²) in [5.74, 6) is 0.559. The van der Waals surface area contributed by atoms with E-state index in [-0.39, 0.29) is 18.1 Å². The lowest BCUT2D eigenvalue weighted by molar-refractivity contribution is 0.0842. The van der Waals surface area contributed by atoms with Crippen molar-refractivity contribution in [2.24, 2.45) is 0 Å². The van der Waals surface area contributed by atoms with E-state index >= 15 is 0 Å². The second-order valence-electron chi connectivity index (χ2n) is 7.08. The molecule has 4 heteroatoms. The number of para-hydroxylation sites is 1. The van der Waals surface area contributed by atoms with Crippen molar-refractivity contribution in [1.29, 1.82) is 0 Å². The maximum Gasteiger partial charge on any atom is 0.252 e. The van der Waals surface area contributed by atoms with E-state index in [1.165, 1.54) is 12.8 Å². The Morgan fingerprint density at radius 2 is 2.04 bits per heavy atom. The highest BCUT2D eigenvalue weighted by Crippen LogP contribution is 2.40. The molecule has 2 aromatic rings. The SMILES string of the molecule is O=C(N[C@@H]1C[C@H]2CC[C@@H]1O2)c1cc(C2CC2)nc2ccccc12. The van der Waals surface area contributed by atoms with Crippen LogP contribution in [-0.2, 0) is 4.74 Å². The van der Waals surface area contributed by atoms with Crippen molar-refractivity contribution in [2.45, 2.75) is 56.3 Å². The zero-order valence-electron chi connectivity index (χ0n) is 13.0. The van der Waals surface area contributed by atoms with Crippen LogP contribution in [0.5, 0.6) is 0 Å². The first-order chi connectivity index (χ1) is 11.3. The molecule has 1 saturated carbocycles. The molecule has 3 atom stereocenters. The van der Waals surface area contributed by atoms with Gasteiger partial charge in [-0.05, 0) is 44.2 Å². The second kappa shape index (κ2) is 5.03. The third-order valence-electron chi connectivity index (χ3n) is 5.40. The average molecular weight is 308 g/mol. The van der Waals surface area contributed by atoms with Crippen molar-refractivity contribution in [3.63, 3.8) is 0 Å². The Labute approximate surface area is 135 Å². The fraction of sp³-hybridized carbons (Fsp3) is 0.474. The summed E-state index contributed by atoms with van der Waals surface area (Å²) in [6.07, 6.45) is 6.09. The van der Waals surface area contributed by atoms with Crippen LogP contribution >= 0.6 is 0 Å². The second-order valence-corrected chi connectivity index (χ2v) is 7.08. The van der Waals surface area contributed by atoms with Gasteiger partial charge in [-0.15, -0.1) is 0 Å². The lowest BCUT2D eigenvalue weighted by Crippen LogP contribution is -2.41. The molecule has 1 aliphatic carbocycles. The number of hydrogen-bond donors (Lipinski definition) is 1. The number of pyridine rings is 1. The van der Waals surface area contributed by atoms with Crippen LogP contribution in [0.1, 0.15) is 54.1 Å². The van der Waals surface area contributed by atoms with Crippen LogP contribution in [0.4, 0.5) is 0 Å². The van der Waals surface area contributed by atoms with Gasteiger partial charge >= 0.3 is 0 Å². The van der Waals surface area contributed by atoms with Gasteiger partial charge in [0.1, 0.15) is 0 Å². The summed E-state index contributed by atoms with van der Waals surface area (Å²) >= 11 is 0. The van der Waals surface area contributed by atoms with Gasteiger partial charge in [-0.2, -0.15) is 0 Å². The lowest BCUT2D eigenvalue weighted by Gasteiger charge is -2.20. The highest BCUT2D eigenvalue weighted by atomic mass is 16.5. The summed E-state index contributed by atoms with van der Waals surface area (Å²) in [7, 11) is 0. The van der Waals surface area contributed by atoms with Gasteiger partial charge in [0.05, 0.1) is 29.3 Å². The summed E-state index contributed by atoms with van der Waals surface area (Å²) in [6.45, 7) is 0. The third kappa shape index (κ3) is 2.32. The topological polar surface area (TPSA) is 51.2 Å². The van der Waals surface area contributed by atoms with Crippen molar-refractivity contribution in [3.8, 4) is 0 Å². The van der Waals surface area contributed by atoms with Crippen LogP contribution < -0.4 is 5.32 Å². The van der Waals surface area contributed by atoms with E-state index in [9.17, 15) is 4.79 Å². The normalized spacial score (nSPS) is 29.1. The van der Waals surface area contributed by atoms with Gasteiger partial charge in [-0.3, -0.25) is 9.78 Å². The molecule has 4 nitrogen and oxygen atoms in total. The van der Waals surface area contributed by atoms with Gasteiger partial charge in [0.2, 0.25) is 0 Å². The van der Waals surface area contributed by atoms with Gasteiger partial charge in [-0.1, -0.05) is 18.2 Å². The highest BCUT2D eigenvalue weighted by Gasteiger charge is 2.41. The predicted octanol–water partition coefficient (Wildman–Crippen LogP) is 3.16. The van der Waals surface area contributed by atoms with Crippen LogP contribution in [0, 0.1) is 0 Å². The highest BCUT2D eigenvalue weighted by molar-refractivity contribution is 6.06. The summed E-state index contributed by atoms with van der Waals surface area (Å²) < 4.78 is 5.85. The van der Waals surface area contributed by atoms with Crippen molar-refractivity contribution in [1.82, 2.24) is 10.3 Å². The standard InChI is InChI=1S/C19H20N2O2/c22-19(21-17-9-12-7-8-18(17)23-12)14-10-16(11-5-6-11)20-15-4-2-1-3-13(14)15/h1-4,10-12,17-18H,5-9H2,(H,21,22)/t12-,17-,18+/m1/s1. The van der Waals surface area contributed by atoms with E-state index in [1.54, 1.807) is 0 Å². The molecule has 0 spiro atoms. The molecule has 2 saturated heterocycles. The van der Waals surface area contributed by atoms with Crippen LogP contribution in [-0.4, -0.2) is 29.1 Å². The number of carbonyl (C=O) groups excluding carboxylic acids is 1. The average Bonchev–Trinajstić information content (AvgIpc) is 3.23. The molecule has 0 unspecified atom stereocenters. The fourth-order valence-corrected chi connectivity index (χ4v) is 4.01. The molecular weight excluding hydrogens is 288 g/mol. The van der Waals surface area contributed by atoms with Crippen molar-refractivity contribution < 1.29 is 9.53 Å². The summed E-state index contributed by atoms with van der Waals surface area (Å²) in [4.78, 5) is 17.6. The fourth-order valence-electron chi connectivity index (χ4n) is 4.01. The van der Waals surface area contributed by atoms with E-state index in [4.69, 9.17) is 9.72 Å². The number of benzene rings is 1. The Balaban J connectivity index is 1.49. The third-order valence-corrected chi connectivity index (χ3v) is 5.40. The van der Waals surface area contributed by atoms with Crippen LogP contribution in [0.2, 0.25) is 0 Å². The first-order valence-corrected chi connectivity index (χ1v) is 8.64. The Morgan fingerprint density at radius 3 is 2.78 bits per heavy atom. The van der Waals surface area contributed by atoms with E-state index in [2.05, 4.69) is 5.32 Å². The number of hydrogen-bond acceptors (Lipinski definition) is 3. The molecule has 1 amide bonds. The van der Waals surface area contributed by atoms with Crippen molar-refractivity contribution in [3.05, 3.63) is 41.6 Å². The first-order valence-electron chi connectivity index (χ1n) is 8.64. The summed E-state index contributed by atoms with van der Waals surface area (Å²) in [5, 5.41) is 4.16. The number of aromatic nitrogens is 1. The maximum atomic E-state index is 12.9. The number of rotatable bonds is 3. The van der Waals surface area contributed by atoms with E-state index in [0.717, 1.165) is 41.4 Å². The van der Waals surface area contributed by atoms with Gasteiger partial charge in [0.25, 0.3) is 5.91 Å². The van der Waals surface area contributed by atoms with Crippen LogP contribution in [0.15, 0.2) is 30.3 Å². The Morgan fingerprint density at radius 1 is 1.17 bits per heavy atom. The quantitative estimate of drug-likeness (QED) is 0.947. The molecule has 1 N–H and O–H groups in total. The minimum atomic E-state index is 0.0200. The van der Waals surface area contributed by atoms with Gasteiger partial charge < -0.3 is 10.1 Å². The number of amides is 1. The number of carbonyl (C=O) groups is 1. The molecule has 5 rings (SSSR count). The summed E-state index contributed by atoms with van der Waals surface area (Å²) in [6, 6.07) is 10.1. The molecular formula is C19H20N2O2. The predicted molar refractivity (Wildman–Crippen MR) is 87.5 cm³/mol. The monoisotopic (exact) mass is 308 g/mol. The van der Waals surface area contributed by atoms with Gasteiger partial charge in [-0.25, -0.2) is 0 Å². The van der Waals surface area contributed by atoms with E-state index in [0.29, 0.717) is 12.0 Å². The molecule has 2 aliphatic heterocycles. The molecule has 3 fully saturated rings. The van der Waals surface area contributed by atoms with E-state index in [1.807, 2.05) is 30.3 Å². The Hall–Kier alpha value is -1.94. The first kappa shape index (κ1) is 13.5. The molecule has 2 bridgehead atoms. The van der Waals surface area contributed by atoms with Gasteiger partial charge in [0, 0.05) is 17.0 Å². The minimum absolute atomic E-state index is 0.0200. The smallest absolute Gasteiger partial charge is 0.252 e. The van der Waals surface area contributed by atoms with Crippen LogP contribution in [0.3, 0.4) is 0 Å². The number of ether oxygens (including phenoxy) is 1. The zero-order valence-corrected chi connectivity index (χ0v) is 13.0.